The third kappa shape index (κ3) is 12.8. The molecule has 4 atom stereocenters. The summed E-state index contributed by atoms with van der Waals surface area (Å²) in [4.78, 5) is 63.4. The lowest BCUT2D eigenvalue weighted by Crippen LogP contribution is -2.57. The highest BCUT2D eigenvalue weighted by molar-refractivity contribution is 7.80. The van der Waals surface area contributed by atoms with Crippen molar-refractivity contribution in [1.82, 2.24) is 16.0 Å². The number of aliphatic imine (C=N–C) groups is 1. The lowest BCUT2D eigenvalue weighted by atomic mass is 10.1. The Hall–Kier alpha value is -2.72. The van der Waals surface area contributed by atoms with Crippen molar-refractivity contribution >= 4 is 60.9 Å². The van der Waals surface area contributed by atoms with Crippen molar-refractivity contribution in [2.75, 3.05) is 18.1 Å². The van der Waals surface area contributed by atoms with Crippen LogP contribution in [-0.4, -0.2) is 88.1 Å². The van der Waals surface area contributed by atoms with Gasteiger partial charge in [-0.2, -0.15) is 25.3 Å². The van der Waals surface area contributed by atoms with Crippen LogP contribution in [0.2, 0.25) is 0 Å². The van der Waals surface area contributed by atoms with Crippen LogP contribution in [0.5, 0.6) is 0 Å². The number of carbonyl (C=O) groups excluding carboxylic acids is 3. The fourth-order valence-corrected chi connectivity index (χ4v) is 2.81. The molecule has 11 N–H and O–H groups in total. The zero-order valence-electron chi connectivity index (χ0n) is 17.8. The van der Waals surface area contributed by atoms with E-state index in [2.05, 4.69) is 46.2 Å². The van der Waals surface area contributed by atoms with Gasteiger partial charge in [0.2, 0.25) is 17.7 Å². The second-order valence-electron chi connectivity index (χ2n) is 6.87. The summed E-state index contributed by atoms with van der Waals surface area (Å²) in [7, 11) is 0. The van der Waals surface area contributed by atoms with Crippen LogP contribution >= 0.6 is 25.3 Å². The number of thiol groups is 2. The Morgan fingerprint density at radius 1 is 0.818 bits per heavy atom. The summed E-state index contributed by atoms with van der Waals surface area (Å²) in [5.41, 5.74) is 16.1. The second-order valence-corrected chi connectivity index (χ2v) is 7.60. The highest BCUT2D eigenvalue weighted by Gasteiger charge is 2.30. The minimum absolute atomic E-state index is 0.0120. The van der Waals surface area contributed by atoms with Crippen molar-refractivity contribution < 1.29 is 34.2 Å². The number of nitrogens with zero attached hydrogens (tertiary/aromatic N) is 1. The van der Waals surface area contributed by atoms with Gasteiger partial charge in [-0.25, -0.2) is 4.79 Å². The first kappa shape index (κ1) is 30.3. The maximum atomic E-state index is 12.8. The molecule has 14 nitrogen and oxygen atoms in total. The van der Waals surface area contributed by atoms with Crippen LogP contribution in [0.4, 0.5) is 0 Å². The largest absolute Gasteiger partial charge is 0.481 e. The number of carboxylic acid groups (broad SMARTS) is 2. The zero-order chi connectivity index (χ0) is 25.6. The molecule has 3 amide bonds. The van der Waals surface area contributed by atoms with E-state index in [9.17, 15) is 24.0 Å². The third-order valence-corrected chi connectivity index (χ3v) is 4.95. The number of amides is 3. The predicted octanol–water partition coefficient (Wildman–Crippen LogP) is -3.37. The molecule has 0 aliphatic rings. The van der Waals surface area contributed by atoms with Crippen LogP contribution < -0.4 is 33.2 Å². The summed E-state index contributed by atoms with van der Waals surface area (Å²) in [6.45, 7) is 0.159. The van der Waals surface area contributed by atoms with E-state index in [1.54, 1.807) is 0 Å². The van der Waals surface area contributed by atoms with E-state index >= 15 is 0 Å². The van der Waals surface area contributed by atoms with Crippen molar-refractivity contribution in [3.8, 4) is 0 Å². The third-order valence-electron chi connectivity index (χ3n) is 4.19. The number of nitrogens with one attached hydrogen (secondary N) is 3. The Morgan fingerprint density at radius 3 is 1.79 bits per heavy atom. The minimum atomic E-state index is -1.38. The Kier molecular flexibility index (Phi) is 14.7. The van der Waals surface area contributed by atoms with Gasteiger partial charge in [-0.05, 0) is 19.3 Å². The van der Waals surface area contributed by atoms with Gasteiger partial charge in [-0.3, -0.25) is 24.2 Å². The number of nitrogens with two attached hydrogens (primary N) is 3. The topological polar surface area (TPSA) is 252 Å². The maximum absolute atomic E-state index is 12.8. The van der Waals surface area contributed by atoms with Crippen LogP contribution in [0.15, 0.2) is 4.99 Å². The van der Waals surface area contributed by atoms with Gasteiger partial charge < -0.3 is 43.4 Å². The molecule has 0 aliphatic heterocycles. The summed E-state index contributed by atoms with van der Waals surface area (Å²) >= 11 is 7.77. The smallest absolute Gasteiger partial charge is 0.327 e. The number of carboxylic acids is 2. The summed E-state index contributed by atoms with van der Waals surface area (Å²) in [5.74, 6) is -5.34. The first-order chi connectivity index (χ1) is 15.4. The Balaban J connectivity index is 5.50. The monoisotopic (exact) mass is 509 g/mol. The molecule has 0 spiro atoms. The van der Waals surface area contributed by atoms with E-state index in [1.165, 1.54) is 0 Å². The van der Waals surface area contributed by atoms with Gasteiger partial charge >= 0.3 is 11.9 Å². The first-order valence-electron chi connectivity index (χ1n) is 9.81. The van der Waals surface area contributed by atoms with Crippen molar-refractivity contribution in [3.05, 3.63) is 0 Å². The van der Waals surface area contributed by atoms with E-state index in [4.69, 9.17) is 27.4 Å². The molecule has 16 heteroatoms. The van der Waals surface area contributed by atoms with Crippen LogP contribution in [0.3, 0.4) is 0 Å². The van der Waals surface area contributed by atoms with Gasteiger partial charge in [0, 0.05) is 24.5 Å². The predicted molar refractivity (Wildman–Crippen MR) is 126 cm³/mol. The van der Waals surface area contributed by atoms with Gasteiger partial charge in [-0.15, -0.1) is 0 Å². The zero-order valence-corrected chi connectivity index (χ0v) is 19.6. The average Bonchev–Trinajstić information content (AvgIpc) is 2.75. The molecule has 0 rings (SSSR count). The van der Waals surface area contributed by atoms with Gasteiger partial charge in [0.1, 0.15) is 18.1 Å². The Morgan fingerprint density at radius 2 is 1.33 bits per heavy atom. The normalized spacial score (nSPS) is 14.2. The van der Waals surface area contributed by atoms with E-state index in [1.807, 2.05) is 0 Å². The molecule has 0 radical (unpaired) electrons. The fraction of sp³-hybridized carbons (Fsp3) is 0.647. The van der Waals surface area contributed by atoms with Crippen LogP contribution in [0.1, 0.15) is 25.7 Å². The average molecular weight is 510 g/mol. The van der Waals surface area contributed by atoms with Crippen molar-refractivity contribution in [1.29, 1.82) is 0 Å². The summed E-state index contributed by atoms with van der Waals surface area (Å²) < 4.78 is 0. The Bertz CT molecular complexity index is 735. The first-order valence-corrected chi connectivity index (χ1v) is 11.1. The number of hydrogen-bond donors (Lipinski definition) is 10. The van der Waals surface area contributed by atoms with Crippen molar-refractivity contribution in [2.24, 2.45) is 22.2 Å². The number of hydrogen-bond acceptors (Lipinski definition) is 9. The quantitative estimate of drug-likeness (QED) is 0.0427. The summed E-state index contributed by atoms with van der Waals surface area (Å²) in [6, 6.07) is -4.89. The molecule has 0 heterocycles. The molecule has 0 aromatic rings. The molecule has 0 bridgehead atoms. The van der Waals surface area contributed by atoms with E-state index < -0.39 is 60.2 Å². The Labute approximate surface area is 201 Å². The summed E-state index contributed by atoms with van der Waals surface area (Å²) in [6.07, 6.45) is -0.464. The lowest BCUT2D eigenvalue weighted by Gasteiger charge is -2.24. The van der Waals surface area contributed by atoms with Gasteiger partial charge in [-0.1, -0.05) is 0 Å². The van der Waals surface area contributed by atoms with Gasteiger partial charge in [0.25, 0.3) is 0 Å². The molecule has 0 saturated carbocycles. The SMILES string of the molecule is NC(N)=NCCCC(NC(=O)C(N)CS)C(=O)NC(CCC(=O)O)C(=O)NC(CS)C(=O)O. The lowest BCUT2D eigenvalue weighted by molar-refractivity contribution is -0.142. The summed E-state index contributed by atoms with van der Waals surface area (Å²) in [5, 5.41) is 25.0. The van der Waals surface area contributed by atoms with Gasteiger partial charge in [0.05, 0.1) is 6.04 Å². The molecule has 0 aliphatic carbocycles. The minimum Gasteiger partial charge on any atom is -0.481 e. The highest BCUT2D eigenvalue weighted by atomic mass is 32.1. The number of carbonyl (C=O) groups is 5. The van der Waals surface area contributed by atoms with E-state index in [-0.39, 0.29) is 43.3 Å². The molecule has 188 valence electrons. The molecule has 0 saturated heterocycles. The number of rotatable bonds is 16. The second kappa shape index (κ2) is 16.0. The van der Waals surface area contributed by atoms with Crippen LogP contribution in [-0.2, 0) is 24.0 Å². The molecule has 33 heavy (non-hydrogen) atoms. The standard InChI is InChI=1S/C17H31N7O7S2/c18-8(6-32)13(27)22-9(2-1-5-21-17(19)20)14(28)23-10(3-4-12(25)26)15(29)24-11(7-33)16(30)31/h8-11,32-33H,1-7,18H2,(H,22,27)(H,23,28)(H,24,29)(H,25,26)(H,30,31)(H4,19,20,21). The fourth-order valence-electron chi connectivity index (χ4n) is 2.40. The van der Waals surface area contributed by atoms with E-state index in [0.29, 0.717) is 0 Å². The number of guanidine groups is 1. The molecule has 4 unspecified atom stereocenters. The van der Waals surface area contributed by atoms with Crippen molar-refractivity contribution in [2.45, 2.75) is 49.9 Å². The molecule has 0 aromatic carbocycles. The van der Waals surface area contributed by atoms with Crippen LogP contribution in [0, 0.1) is 0 Å². The maximum Gasteiger partial charge on any atom is 0.327 e. The molecular formula is C17H31N7O7S2. The molecular weight excluding hydrogens is 478 g/mol. The van der Waals surface area contributed by atoms with Gasteiger partial charge in [0.15, 0.2) is 5.96 Å². The van der Waals surface area contributed by atoms with Crippen molar-refractivity contribution in [3.63, 3.8) is 0 Å². The molecule has 0 aromatic heterocycles. The van der Waals surface area contributed by atoms with E-state index in [0.717, 1.165) is 0 Å². The molecule has 0 fully saturated rings. The number of aliphatic carboxylic acids is 2. The highest BCUT2D eigenvalue weighted by Crippen LogP contribution is 2.05. The van der Waals surface area contributed by atoms with Crippen LogP contribution in [0.25, 0.3) is 0 Å².